The van der Waals surface area contributed by atoms with Crippen molar-refractivity contribution in [3.8, 4) is 44.5 Å². The fraction of sp³-hybridized carbons (Fsp3) is 0. The van der Waals surface area contributed by atoms with Crippen molar-refractivity contribution in [2.45, 2.75) is 0 Å². The molecule has 0 fully saturated rings. The van der Waals surface area contributed by atoms with Crippen LogP contribution in [0.15, 0.2) is 229 Å². The van der Waals surface area contributed by atoms with E-state index in [1.807, 2.05) is 0 Å². The Labute approximate surface area is 337 Å². The zero-order valence-electron chi connectivity index (χ0n) is 31.7. The first-order chi connectivity index (χ1) is 28.7. The number of hydrogen-bond acceptors (Lipinski definition) is 2. The Hall–Kier alpha value is -7.68. The molecule has 272 valence electrons. The average molecular weight is 740 g/mol. The highest BCUT2D eigenvalue weighted by atomic mass is 16.3. The fourth-order valence-electron chi connectivity index (χ4n) is 8.65. The number of hydrogen-bond donors (Lipinski definition) is 0. The van der Waals surface area contributed by atoms with E-state index in [1.165, 1.54) is 54.9 Å². The molecule has 0 bridgehead atoms. The zero-order chi connectivity index (χ0) is 38.4. The molecular formula is C56H37NO. The van der Waals surface area contributed by atoms with Crippen LogP contribution >= 0.6 is 0 Å². The third-order valence-corrected chi connectivity index (χ3v) is 11.5. The molecule has 11 aromatic rings. The Morgan fingerprint density at radius 1 is 0.293 bits per heavy atom. The molecule has 0 radical (unpaired) electrons. The van der Waals surface area contributed by atoms with Gasteiger partial charge in [0.25, 0.3) is 0 Å². The van der Waals surface area contributed by atoms with E-state index in [0.717, 1.165) is 50.1 Å². The summed E-state index contributed by atoms with van der Waals surface area (Å²) in [6.07, 6.45) is 0. The van der Waals surface area contributed by atoms with E-state index in [2.05, 4.69) is 229 Å². The van der Waals surface area contributed by atoms with E-state index in [4.69, 9.17) is 4.42 Å². The second kappa shape index (κ2) is 14.1. The van der Waals surface area contributed by atoms with E-state index >= 15 is 0 Å². The van der Waals surface area contributed by atoms with Gasteiger partial charge >= 0.3 is 0 Å². The minimum atomic E-state index is 0.858. The molecule has 0 aliphatic heterocycles. The lowest BCUT2D eigenvalue weighted by Gasteiger charge is -2.27. The van der Waals surface area contributed by atoms with Gasteiger partial charge < -0.3 is 9.32 Å². The summed E-state index contributed by atoms with van der Waals surface area (Å²) in [7, 11) is 0. The Bertz CT molecular complexity index is 3260. The molecule has 2 nitrogen and oxygen atoms in total. The van der Waals surface area contributed by atoms with Gasteiger partial charge in [-0.15, -0.1) is 0 Å². The molecule has 0 unspecified atom stereocenters. The predicted molar refractivity (Wildman–Crippen MR) is 245 cm³/mol. The van der Waals surface area contributed by atoms with Gasteiger partial charge in [0.05, 0.1) is 11.1 Å². The summed E-state index contributed by atoms with van der Waals surface area (Å²) in [4.78, 5) is 2.37. The summed E-state index contributed by atoms with van der Waals surface area (Å²) in [6.45, 7) is 0. The summed E-state index contributed by atoms with van der Waals surface area (Å²) in [5, 5.41) is 7.17. The number of fused-ring (bicyclic) bond motifs is 5. The van der Waals surface area contributed by atoms with Crippen molar-refractivity contribution in [3.63, 3.8) is 0 Å². The second-order valence-electron chi connectivity index (χ2n) is 14.9. The third kappa shape index (κ3) is 5.91. The number of rotatable bonds is 7. The highest BCUT2D eigenvalue weighted by Crippen LogP contribution is 2.45. The van der Waals surface area contributed by atoms with E-state index in [-0.39, 0.29) is 0 Å². The van der Waals surface area contributed by atoms with Crippen molar-refractivity contribution in [3.05, 3.63) is 224 Å². The van der Waals surface area contributed by atoms with Gasteiger partial charge in [-0.1, -0.05) is 170 Å². The molecule has 0 saturated carbocycles. The van der Waals surface area contributed by atoms with Crippen LogP contribution in [0.3, 0.4) is 0 Å². The molecule has 0 saturated heterocycles. The lowest BCUT2D eigenvalue weighted by atomic mass is 9.95. The van der Waals surface area contributed by atoms with Crippen LogP contribution in [0.5, 0.6) is 0 Å². The maximum atomic E-state index is 6.55. The van der Waals surface area contributed by atoms with Crippen molar-refractivity contribution < 1.29 is 4.42 Å². The molecule has 0 aliphatic rings. The third-order valence-electron chi connectivity index (χ3n) is 11.5. The van der Waals surface area contributed by atoms with Gasteiger partial charge in [0.1, 0.15) is 11.2 Å². The molecule has 11 rings (SSSR count). The molecule has 10 aromatic carbocycles. The molecular weight excluding hydrogens is 703 g/mol. The SMILES string of the molecule is c1ccc(-c2ccc3oc4cccc(N(c5ccc(-c6cccc(-c7cccc8ccccc78)c6)cc5)c5ccc(-c6cccc7ccccc67)cc5)c4c3c2)cc1. The number of anilines is 3. The highest BCUT2D eigenvalue weighted by Gasteiger charge is 2.20. The smallest absolute Gasteiger partial charge is 0.137 e. The Balaban J connectivity index is 1.05. The summed E-state index contributed by atoms with van der Waals surface area (Å²) in [5.41, 5.74) is 14.5. The first-order valence-electron chi connectivity index (χ1n) is 19.8. The van der Waals surface area contributed by atoms with Crippen molar-refractivity contribution in [1.29, 1.82) is 0 Å². The van der Waals surface area contributed by atoms with Crippen LogP contribution in [-0.2, 0) is 0 Å². The molecule has 1 aromatic heterocycles. The molecule has 0 spiro atoms. The number of benzene rings is 10. The largest absolute Gasteiger partial charge is 0.456 e. The first kappa shape index (κ1) is 33.6. The molecule has 1 heterocycles. The Kier molecular flexibility index (Phi) is 8.19. The van der Waals surface area contributed by atoms with Gasteiger partial charge in [-0.2, -0.15) is 0 Å². The maximum absolute atomic E-state index is 6.55. The van der Waals surface area contributed by atoms with E-state index in [9.17, 15) is 0 Å². The van der Waals surface area contributed by atoms with Gasteiger partial charge in [-0.25, -0.2) is 0 Å². The summed E-state index contributed by atoms with van der Waals surface area (Å²) >= 11 is 0. The maximum Gasteiger partial charge on any atom is 0.137 e. The minimum Gasteiger partial charge on any atom is -0.456 e. The van der Waals surface area contributed by atoms with Gasteiger partial charge in [-0.05, 0) is 121 Å². The van der Waals surface area contributed by atoms with Crippen molar-refractivity contribution in [2.75, 3.05) is 4.90 Å². The topological polar surface area (TPSA) is 16.4 Å². The van der Waals surface area contributed by atoms with Crippen LogP contribution in [0.25, 0.3) is 88.0 Å². The van der Waals surface area contributed by atoms with Crippen LogP contribution in [0.1, 0.15) is 0 Å². The van der Waals surface area contributed by atoms with E-state index in [1.54, 1.807) is 0 Å². The van der Waals surface area contributed by atoms with Gasteiger partial charge in [0.2, 0.25) is 0 Å². The lowest BCUT2D eigenvalue weighted by molar-refractivity contribution is 0.669. The number of nitrogens with zero attached hydrogens (tertiary/aromatic N) is 1. The van der Waals surface area contributed by atoms with E-state index in [0.29, 0.717) is 0 Å². The first-order valence-corrected chi connectivity index (χ1v) is 19.8. The molecule has 0 amide bonds. The van der Waals surface area contributed by atoms with E-state index < -0.39 is 0 Å². The molecule has 0 aliphatic carbocycles. The van der Waals surface area contributed by atoms with Crippen LogP contribution in [0, 0.1) is 0 Å². The summed E-state index contributed by atoms with van der Waals surface area (Å²) < 4.78 is 6.55. The van der Waals surface area contributed by atoms with Crippen LogP contribution in [0.4, 0.5) is 17.1 Å². The van der Waals surface area contributed by atoms with Crippen LogP contribution < -0.4 is 4.90 Å². The molecule has 2 heteroatoms. The zero-order valence-corrected chi connectivity index (χ0v) is 31.7. The molecule has 58 heavy (non-hydrogen) atoms. The fourth-order valence-corrected chi connectivity index (χ4v) is 8.65. The predicted octanol–water partition coefficient (Wildman–Crippen LogP) is 16.0. The molecule has 0 N–H and O–H groups in total. The number of furan rings is 1. The molecule has 0 atom stereocenters. The van der Waals surface area contributed by atoms with Crippen molar-refractivity contribution in [1.82, 2.24) is 0 Å². The lowest BCUT2D eigenvalue weighted by Crippen LogP contribution is -2.10. The average Bonchev–Trinajstić information content (AvgIpc) is 3.68. The van der Waals surface area contributed by atoms with Crippen molar-refractivity contribution in [2.24, 2.45) is 0 Å². The monoisotopic (exact) mass is 739 g/mol. The highest BCUT2D eigenvalue weighted by molar-refractivity contribution is 6.14. The van der Waals surface area contributed by atoms with Crippen molar-refractivity contribution >= 4 is 60.5 Å². The second-order valence-corrected chi connectivity index (χ2v) is 14.9. The summed E-state index contributed by atoms with van der Waals surface area (Å²) in [5.74, 6) is 0. The van der Waals surface area contributed by atoms with Gasteiger partial charge in [-0.3, -0.25) is 0 Å². The van der Waals surface area contributed by atoms with Gasteiger partial charge in [0, 0.05) is 16.8 Å². The van der Waals surface area contributed by atoms with Crippen LogP contribution in [0.2, 0.25) is 0 Å². The normalized spacial score (nSPS) is 11.4. The Morgan fingerprint density at radius 3 is 1.50 bits per heavy atom. The summed E-state index contributed by atoms with van der Waals surface area (Å²) in [6, 6.07) is 80.6. The minimum absolute atomic E-state index is 0.858. The quantitative estimate of drug-likeness (QED) is 0.162. The van der Waals surface area contributed by atoms with Crippen LogP contribution in [-0.4, -0.2) is 0 Å². The standard InChI is InChI=1S/C56H37NO/c1-2-12-38(13-3-1)44-30-35-54-52(37-44)56-53(24-11-25-55(56)58-54)57(47-33-28-42(29-34-47)50-22-9-16-40-14-4-6-20-48(40)50)46-31-26-39(27-32-46)43-18-8-19-45(36-43)51-23-10-17-41-15-5-7-21-49(41)51/h1-37H. The Morgan fingerprint density at radius 2 is 0.793 bits per heavy atom. The van der Waals surface area contributed by atoms with Gasteiger partial charge in [0.15, 0.2) is 0 Å².